The summed E-state index contributed by atoms with van der Waals surface area (Å²) in [5, 5.41) is 3.70. The maximum absolute atomic E-state index is 12.4. The first kappa shape index (κ1) is 18.6. The van der Waals surface area contributed by atoms with E-state index in [-0.39, 0.29) is 24.0 Å². The molecule has 0 spiro atoms. The molecule has 0 aromatic heterocycles. The van der Waals surface area contributed by atoms with E-state index in [1.165, 1.54) is 0 Å². The van der Waals surface area contributed by atoms with E-state index in [0.29, 0.717) is 31.1 Å². The average molecular weight is 353 g/mol. The molecule has 1 saturated heterocycles. The maximum Gasteiger partial charge on any atom is 0.317 e. The quantitative estimate of drug-likeness (QED) is 0.827. The van der Waals surface area contributed by atoms with Gasteiger partial charge in [0, 0.05) is 24.2 Å². The van der Waals surface area contributed by atoms with Crippen LogP contribution in [0.5, 0.6) is 0 Å². The number of benzene rings is 1. The summed E-state index contributed by atoms with van der Waals surface area (Å²) in [5.74, 6) is -0.428. The van der Waals surface area contributed by atoms with Crippen molar-refractivity contribution < 1.29 is 14.3 Å². The minimum Gasteiger partial charge on any atom is -0.466 e. The number of amides is 2. The Morgan fingerprint density at radius 3 is 2.88 bits per heavy atom. The monoisotopic (exact) mass is 352 g/mol. The van der Waals surface area contributed by atoms with Gasteiger partial charge >= 0.3 is 12.0 Å². The summed E-state index contributed by atoms with van der Waals surface area (Å²) in [7, 11) is 0. The van der Waals surface area contributed by atoms with Crippen molar-refractivity contribution >= 4 is 23.6 Å². The van der Waals surface area contributed by atoms with Crippen LogP contribution in [-0.2, 0) is 16.0 Å². The Balaban J connectivity index is 1.87. The van der Waals surface area contributed by atoms with Gasteiger partial charge < -0.3 is 15.0 Å². The number of esters is 1. The zero-order valence-electron chi connectivity index (χ0n) is 14.3. The fourth-order valence-corrected chi connectivity index (χ4v) is 3.17. The molecule has 1 aromatic carbocycles. The molecule has 1 N–H and O–H groups in total. The Bertz CT molecular complexity index is 579. The Labute approximate surface area is 148 Å². The summed E-state index contributed by atoms with van der Waals surface area (Å²) in [5.41, 5.74) is 1.01. The normalized spacial score (nSPS) is 18.8. The van der Waals surface area contributed by atoms with Crippen LogP contribution < -0.4 is 5.32 Å². The topological polar surface area (TPSA) is 58.6 Å². The molecule has 0 aliphatic carbocycles. The molecule has 1 aromatic rings. The van der Waals surface area contributed by atoms with Gasteiger partial charge in [0.2, 0.25) is 0 Å². The molecule has 5 nitrogen and oxygen atoms in total. The number of rotatable bonds is 5. The van der Waals surface area contributed by atoms with Crippen molar-refractivity contribution in [1.82, 2.24) is 10.2 Å². The molecule has 0 radical (unpaired) electrons. The van der Waals surface area contributed by atoms with Crippen LogP contribution in [0.3, 0.4) is 0 Å². The fourth-order valence-electron chi connectivity index (χ4n) is 2.96. The van der Waals surface area contributed by atoms with Gasteiger partial charge in [-0.25, -0.2) is 4.79 Å². The van der Waals surface area contributed by atoms with E-state index in [1.807, 2.05) is 31.2 Å². The van der Waals surface area contributed by atoms with Crippen LogP contribution in [0.25, 0.3) is 0 Å². The minimum absolute atomic E-state index is 0.0413. The second-order valence-corrected chi connectivity index (χ2v) is 6.59. The molecule has 2 unspecified atom stereocenters. The Kier molecular flexibility index (Phi) is 6.91. The second kappa shape index (κ2) is 8.92. The summed E-state index contributed by atoms with van der Waals surface area (Å²) in [4.78, 5) is 26.0. The number of urea groups is 1. The third-order valence-corrected chi connectivity index (χ3v) is 4.55. The lowest BCUT2D eigenvalue weighted by molar-refractivity contribution is -0.149. The fraction of sp³-hybridized carbons (Fsp3) is 0.556. The van der Waals surface area contributed by atoms with Crippen LogP contribution in [-0.4, -0.2) is 42.6 Å². The van der Waals surface area contributed by atoms with Gasteiger partial charge in [-0.05, 0) is 44.7 Å². The number of likely N-dealkylation sites (tertiary alicyclic amines) is 1. The molecule has 132 valence electrons. The minimum atomic E-state index is -0.219. The summed E-state index contributed by atoms with van der Waals surface area (Å²) in [6.07, 6.45) is 2.26. The van der Waals surface area contributed by atoms with E-state index in [0.717, 1.165) is 18.4 Å². The average Bonchev–Trinajstić information content (AvgIpc) is 2.57. The van der Waals surface area contributed by atoms with E-state index in [9.17, 15) is 9.59 Å². The van der Waals surface area contributed by atoms with Crippen molar-refractivity contribution in [2.75, 3.05) is 19.7 Å². The smallest absolute Gasteiger partial charge is 0.317 e. The van der Waals surface area contributed by atoms with Gasteiger partial charge in [0.05, 0.1) is 12.5 Å². The van der Waals surface area contributed by atoms with Crippen LogP contribution in [0.2, 0.25) is 5.02 Å². The van der Waals surface area contributed by atoms with Gasteiger partial charge in [0.15, 0.2) is 0 Å². The van der Waals surface area contributed by atoms with Gasteiger partial charge in [0.1, 0.15) is 0 Å². The first-order valence-electron chi connectivity index (χ1n) is 8.46. The van der Waals surface area contributed by atoms with Crippen molar-refractivity contribution in [2.45, 2.75) is 39.2 Å². The number of hydrogen-bond acceptors (Lipinski definition) is 3. The lowest BCUT2D eigenvalue weighted by Gasteiger charge is -2.32. The van der Waals surface area contributed by atoms with Crippen LogP contribution in [0.1, 0.15) is 32.3 Å². The van der Waals surface area contributed by atoms with E-state index in [4.69, 9.17) is 16.3 Å². The Hall–Kier alpha value is -1.75. The highest BCUT2D eigenvalue weighted by Gasteiger charge is 2.29. The SMILES string of the molecule is CCOC(=O)C1CCCN(C(=O)NC(C)Cc2ccccc2Cl)C1. The predicted molar refractivity (Wildman–Crippen MR) is 94.1 cm³/mol. The zero-order valence-corrected chi connectivity index (χ0v) is 15.0. The van der Waals surface area contributed by atoms with Gasteiger partial charge in [0.25, 0.3) is 0 Å². The third kappa shape index (κ3) is 5.13. The molecule has 1 aliphatic heterocycles. The summed E-state index contributed by atoms with van der Waals surface area (Å²) < 4.78 is 5.07. The first-order chi connectivity index (χ1) is 11.5. The van der Waals surface area contributed by atoms with Gasteiger partial charge in [-0.1, -0.05) is 29.8 Å². The highest BCUT2D eigenvalue weighted by Crippen LogP contribution is 2.19. The van der Waals surface area contributed by atoms with E-state index >= 15 is 0 Å². The number of halogens is 1. The van der Waals surface area contributed by atoms with Gasteiger partial charge in [-0.2, -0.15) is 0 Å². The number of hydrogen-bond donors (Lipinski definition) is 1. The number of ether oxygens (including phenoxy) is 1. The Morgan fingerprint density at radius 2 is 2.17 bits per heavy atom. The lowest BCUT2D eigenvalue weighted by atomic mass is 9.98. The highest BCUT2D eigenvalue weighted by molar-refractivity contribution is 6.31. The lowest BCUT2D eigenvalue weighted by Crippen LogP contribution is -2.49. The molecule has 2 amide bonds. The summed E-state index contributed by atoms with van der Waals surface area (Å²) in [6, 6.07) is 7.45. The van der Waals surface area contributed by atoms with Crippen molar-refractivity contribution in [3.63, 3.8) is 0 Å². The number of carbonyl (C=O) groups is 2. The highest BCUT2D eigenvalue weighted by atomic mass is 35.5. The maximum atomic E-state index is 12.4. The van der Waals surface area contributed by atoms with Crippen molar-refractivity contribution in [3.8, 4) is 0 Å². The van der Waals surface area contributed by atoms with Crippen molar-refractivity contribution in [2.24, 2.45) is 5.92 Å². The van der Waals surface area contributed by atoms with Crippen LogP contribution in [0.4, 0.5) is 4.79 Å². The molecule has 0 saturated carbocycles. The van der Waals surface area contributed by atoms with Gasteiger partial charge in [-0.3, -0.25) is 4.79 Å². The molecule has 24 heavy (non-hydrogen) atoms. The first-order valence-corrected chi connectivity index (χ1v) is 8.84. The molecular formula is C18H25ClN2O3. The number of carbonyl (C=O) groups excluding carboxylic acids is 2. The molecule has 6 heteroatoms. The molecule has 1 aliphatic rings. The van der Waals surface area contributed by atoms with Crippen LogP contribution in [0.15, 0.2) is 24.3 Å². The molecule has 2 atom stereocenters. The standard InChI is InChI=1S/C18H25ClN2O3/c1-3-24-17(22)15-8-6-10-21(12-15)18(23)20-13(2)11-14-7-4-5-9-16(14)19/h4-5,7,9,13,15H,3,6,8,10-12H2,1-2H3,(H,20,23). The molecular weight excluding hydrogens is 328 g/mol. The largest absolute Gasteiger partial charge is 0.466 e. The van der Waals surface area contributed by atoms with E-state index in [1.54, 1.807) is 11.8 Å². The third-order valence-electron chi connectivity index (χ3n) is 4.18. The summed E-state index contributed by atoms with van der Waals surface area (Å²) in [6.45, 7) is 5.20. The van der Waals surface area contributed by atoms with E-state index in [2.05, 4.69) is 5.32 Å². The number of piperidine rings is 1. The molecule has 2 rings (SSSR count). The molecule has 0 bridgehead atoms. The molecule has 1 fully saturated rings. The van der Waals surface area contributed by atoms with Crippen molar-refractivity contribution in [1.29, 1.82) is 0 Å². The van der Waals surface area contributed by atoms with Crippen molar-refractivity contribution in [3.05, 3.63) is 34.9 Å². The van der Waals surface area contributed by atoms with Gasteiger partial charge in [-0.15, -0.1) is 0 Å². The van der Waals surface area contributed by atoms with Crippen LogP contribution >= 0.6 is 11.6 Å². The zero-order chi connectivity index (χ0) is 17.5. The van der Waals surface area contributed by atoms with Crippen LogP contribution in [0, 0.1) is 5.92 Å². The summed E-state index contributed by atoms with van der Waals surface area (Å²) >= 11 is 6.16. The number of nitrogens with one attached hydrogen (secondary N) is 1. The Morgan fingerprint density at radius 1 is 1.42 bits per heavy atom. The number of nitrogens with zero attached hydrogens (tertiary/aromatic N) is 1. The molecule has 1 heterocycles. The second-order valence-electron chi connectivity index (χ2n) is 6.18. The van der Waals surface area contributed by atoms with E-state index < -0.39 is 0 Å². The predicted octanol–water partition coefficient (Wildman–Crippen LogP) is 3.26.